The summed E-state index contributed by atoms with van der Waals surface area (Å²) in [5.41, 5.74) is 4.77. The van der Waals surface area contributed by atoms with Gasteiger partial charge in [-0.2, -0.15) is 10.1 Å². The number of carbonyl (C=O) groups is 2. The van der Waals surface area contributed by atoms with E-state index in [1.165, 1.54) is 24.4 Å². The molecule has 0 spiro atoms. The zero-order valence-corrected chi connectivity index (χ0v) is 21.9. The van der Waals surface area contributed by atoms with E-state index in [0.29, 0.717) is 28.0 Å². The number of benzene rings is 3. The molecule has 2 amide bonds. The Morgan fingerprint density at radius 1 is 1.14 bits per heavy atom. The van der Waals surface area contributed by atoms with E-state index in [4.69, 9.17) is 21.4 Å². The van der Waals surface area contributed by atoms with Gasteiger partial charge in [0.2, 0.25) is 5.91 Å². The van der Waals surface area contributed by atoms with Gasteiger partial charge < -0.3 is 10.1 Å². The lowest BCUT2D eigenvalue weighted by molar-refractivity contribution is -0.121. The number of aryl methyl sites for hydroxylation is 1. The molecule has 1 N–H and O–H groups in total. The van der Waals surface area contributed by atoms with Crippen LogP contribution in [0.3, 0.4) is 0 Å². The van der Waals surface area contributed by atoms with Gasteiger partial charge in [0.25, 0.3) is 5.91 Å². The third kappa shape index (κ3) is 5.55. The number of nitrogens with one attached hydrogen (secondary N) is 1. The van der Waals surface area contributed by atoms with Crippen LogP contribution in [0.4, 0.5) is 5.69 Å². The maximum Gasteiger partial charge on any atom is 0.262 e. The van der Waals surface area contributed by atoms with E-state index in [-0.39, 0.29) is 24.3 Å². The minimum atomic E-state index is -0.626. The Balaban J connectivity index is 1.32. The molecule has 5 rings (SSSR count). The number of hydrogen-bond acceptors (Lipinski definition) is 6. The molecule has 188 valence electrons. The molecule has 2 heterocycles. The highest BCUT2D eigenvalue weighted by atomic mass is 35.5. The number of nitrogens with zero attached hydrogens (tertiary/aromatic N) is 3. The molecule has 3 aromatic carbocycles. The number of carbonyl (C=O) groups excluding carboxylic acids is 2. The fraction of sp³-hybridized carbons (Fsp3) is 0.214. The third-order valence-electron chi connectivity index (χ3n) is 6.21. The van der Waals surface area contributed by atoms with E-state index in [2.05, 4.69) is 46.7 Å². The Labute approximate surface area is 224 Å². The second-order valence-corrected chi connectivity index (χ2v) is 10.4. The molecule has 0 aliphatic carbocycles. The highest BCUT2D eigenvalue weighted by Gasteiger charge is 2.39. The lowest BCUT2D eigenvalue weighted by Gasteiger charge is -2.23. The van der Waals surface area contributed by atoms with Crippen LogP contribution in [0, 0.1) is 6.92 Å². The first-order valence-corrected chi connectivity index (χ1v) is 13.1. The van der Waals surface area contributed by atoms with Crippen LogP contribution in [0.25, 0.3) is 0 Å². The third-order valence-corrected chi connectivity index (χ3v) is 7.65. The molecule has 2 atom stereocenters. The summed E-state index contributed by atoms with van der Waals surface area (Å²) in [6.45, 7) is 2.05. The highest BCUT2D eigenvalue weighted by Crippen LogP contribution is 2.38. The molecule has 0 aromatic heterocycles. The van der Waals surface area contributed by atoms with Crippen molar-refractivity contribution in [2.45, 2.75) is 31.1 Å². The summed E-state index contributed by atoms with van der Waals surface area (Å²) < 4.78 is 5.15. The van der Waals surface area contributed by atoms with Gasteiger partial charge in [-0.25, -0.2) is 5.01 Å². The van der Waals surface area contributed by atoms with Crippen molar-refractivity contribution in [3.8, 4) is 5.75 Å². The fourth-order valence-electron chi connectivity index (χ4n) is 4.27. The topological polar surface area (TPSA) is 83.4 Å². The quantitative estimate of drug-likeness (QED) is 0.431. The average molecular weight is 533 g/mol. The summed E-state index contributed by atoms with van der Waals surface area (Å²) in [5.74, 6) is -0.120. The Bertz CT molecular complexity index is 1390. The number of ether oxygens (including phenoxy) is 1. The number of anilines is 1. The van der Waals surface area contributed by atoms with E-state index >= 15 is 0 Å². The predicted molar refractivity (Wildman–Crippen MR) is 148 cm³/mol. The molecule has 0 bridgehead atoms. The van der Waals surface area contributed by atoms with E-state index < -0.39 is 5.25 Å². The van der Waals surface area contributed by atoms with Crippen molar-refractivity contribution in [3.63, 3.8) is 0 Å². The molecule has 0 saturated carbocycles. The molecule has 9 heteroatoms. The average Bonchev–Trinajstić information content (AvgIpc) is 3.49. The van der Waals surface area contributed by atoms with Crippen molar-refractivity contribution < 1.29 is 14.3 Å². The minimum absolute atomic E-state index is 0.0154. The van der Waals surface area contributed by atoms with Crippen molar-refractivity contribution in [1.29, 1.82) is 0 Å². The van der Waals surface area contributed by atoms with Gasteiger partial charge in [-0.15, -0.1) is 0 Å². The lowest BCUT2D eigenvalue weighted by atomic mass is 9.98. The van der Waals surface area contributed by atoms with E-state index in [1.807, 2.05) is 30.1 Å². The molecule has 2 aliphatic rings. The normalized spacial score (nSPS) is 19.0. The Morgan fingerprint density at radius 2 is 1.89 bits per heavy atom. The van der Waals surface area contributed by atoms with Crippen LogP contribution < -0.4 is 10.1 Å². The van der Waals surface area contributed by atoms with Gasteiger partial charge >= 0.3 is 0 Å². The number of aliphatic imine (C=N–C) groups is 1. The standard InChI is InChI=1S/C28H25ClN4O3S/c1-17-8-10-18(11-9-17)22-15-23(19-6-4-3-5-7-19)33(32-22)28-31-27(35)25(37-28)16-26(34)30-20-12-13-24(36-2)21(29)14-20/h3-14,23,25H,15-16H2,1-2H3,(H,30,34)/t23-,25-/m1/s1. The van der Waals surface area contributed by atoms with E-state index in [1.54, 1.807) is 18.2 Å². The summed E-state index contributed by atoms with van der Waals surface area (Å²) in [7, 11) is 1.52. The molecule has 0 radical (unpaired) electrons. The SMILES string of the molecule is COc1ccc(NC(=O)C[C@H]2SC(N3N=C(c4ccc(C)cc4)C[C@@H]3c3ccccc3)=NC2=O)cc1Cl. The largest absolute Gasteiger partial charge is 0.495 e. The first kappa shape index (κ1) is 25.0. The molecule has 3 aromatic rings. The van der Waals surface area contributed by atoms with Crippen LogP contribution in [0.1, 0.15) is 35.6 Å². The maximum atomic E-state index is 12.8. The van der Waals surface area contributed by atoms with Crippen molar-refractivity contribution in [2.24, 2.45) is 10.1 Å². The zero-order valence-electron chi connectivity index (χ0n) is 20.3. The van der Waals surface area contributed by atoms with E-state index in [9.17, 15) is 9.59 Å². The highest BCUT2D eigenvalue weighted by molar-refractivity contribution is 8.15. The van der Waals surface area contributed by atoms with Crippen molar-refractivity contribution in [1.82, 2.24) is 5.01 Å². The van der Waals surface area contributed by atoms with Crippen molar-refractivity contribution in [2.75, 3.05) is 12.4 Å². The number of amidine groups is 1. The zero-order chi connectivity index (χ0) is 25.9. The molecule has 2 aliphatic heterocycles. The number of methoxy groups -OCH3 is 1. The fourth-order valence-corrected chi connectivity index (χ4v) is 5.59. The smallest absolute Gasteiger partial charge is 0.262 e. The second-order valence-electron chi connectivity index (χ2n) is 8.83. The van der Waals surface area contributed by atoms with Gasteiger partial charge in [-0.05, 0) is 36.2 Å². The summed E-state index contributed by atoms with van der Waals surface area (Å²) in [5, 5.41) is 9.78. The number of hydrogen-bond donors (Lipinski definition) is 1. The van der Waals surface area contributed by atoms with Crippen LogP contribution in [-0.2, 0) is 9.59 Å². The van der Waals surface area contributed by atoms with Gasteiger partial charge in [0.05, 0.1) is 23.9 Å². The van der Waals surface area contributed by atoms with Crippen molar-refractivity contribution in [3.05, 3.63) is 94.5 Å². The van der Waals surface area contributed by atoms with Gasteiger partial charge in [-0.1, -0.05) is 83.5 Å². The summed E-state index contributed by atoms with van der Waals surface area (Å²) in [6, 6.07) is 23.2. The van der Waals surface area contributed by atoms with Crippen LogP contribution >= 0.6 is 23.4 Å². The number of rotatable bonds is 6. The molecule has 7 nitrogen and oxygen atoms in total. The summed E-state index contributed by atoms with van der Waals surface area (Å²) >= 11 is 7.43. The summed E-state index contributed by atoms with van der Waals surface area (Å²) in [4.78, 5) is 29.8. The van der Waals surface area contributed by atoms with Crippen LogP contribution in [0.5, 0.6) is 5.75 Å². The predicted octanol–water partition coefficient (Wildman–Crippen LogP) is 5.83. The first-order chi connectivity index (χ1) is 17.9. The monoisotopic (exact) mass is 532 g/mol. The second kappa shape index (κ2) is 10.8. The number of hydrazone groups is 1. The maximum absolute atomic E-state index is 12.8. The van der Waals surface area contributed by atoms with Crippen molar-refractivity contribution >= 4 is 51.7 Å². The van der Waals surface area contributed by atoms with Crippen LogP contribution in [0.15, 0.2) is 82.9 Å². The first-order valence-electron chi connectivity index (χ1n) is 11.8. The number of thioether (sulfide) groups is 1. The molecule has 0 fully saturated rings. The Kier molecular flexibility index (Phi) is 7.30. The van der Waals surface area contributed by atoms with Gasteiger partial charge in [0, 0.05) is 18.5 Å². The molecular weight excluding hydrogens is 508 g/mol. The Hall–Kier alpha value is -3.62. The Morgan fingerprint density at radius 3 is 2.59 bits per heavy atom. The molecule has 37 heavy (non-hydrogen) atoms. The van der Waals surface area contributed by atoms with Gasteiger partial charge in [-0.3, -0.25) is 9.59 Å². The van der Waals surface area contributed by atoms with Gasteiger partial charge in [0.1, 0.15) is 11.0 Å². The lowest BCUT2D eigenvalue weighted by Crippen LogP contribution is -2.25. The van der Waals surface area contributed by atoms with Crippen LogP contribution in [-0.4, -0.2) is 40.1 Å². The minimum Gasteiger partial charge on any atom is -0.495 e. The van der Waals surface area contributed by atoms with Gasteiger partial charge in [0.15, 0.2) is 5.17 Å². The van der Waals surface area contributed by atoms with Crippen LogP contribution in [0.2, 0.25) is 5.02 Å². The summed E-state index contributed by atoms with van der Waals surface area (Å²) in [6.07, 6.45) is 0.669. The molecular formula is C28H25ClN4O3S. The molecule has 0 saturated heterocycles. The number of amides is 2. The molecule has 0 unspecified atom stereocenters. The van der Waals surface area contributed by atoms with E-state index in [0.717, 1.165) is 16.8 Å². The number of halogens is 1.